The number of aromatic nitrogens is 3. The van der Waals surface area contributed by atoms with Crippen LogP contribution in [0.25, 0.3) is 11.4 Å². The minimum Gasteiger partial charge on any atom is -0.497 e. The molecule has 0 spiro atoms. The molecule has 0 aliphatic heterocycles. The van der Waals surface area contributed by atoms with Crippen LogP contribution in [0, 0.1) is 10.1 Å². The second kappa shape index (κ2) is 8.00. The monoisotopic (exact) mass is 384 g/mol. The minimum atomic E-state index is -0.497. The van der Waals surface area contributed by atoms with E-state index in [-0.39, 0.29) is 17.2 Å². The summed E-state index contributed by atoms with van der Waals surface area (Å²) in [5, 5.41) is 19.6. The van der Waals surface area contributed by atoms with Gasteiger partial charge in [-0.15, -0.1) is 10.2 Å². The van der Waals surface area contributed by atoms with Crippen LogP contribution >= 0.6 is 11.8 Å². The van der Waals surface area contributed by atoms with Gasteiger partial charge in [0.2, 0.25) is 0 Å². The zero-order chi connectivity index (χ0) is 19.4. The fourth-order valence-electron chi connectivity index (χ4n) is 2.41. The van der Waals surface area contributed by atoms with Crippen LogP contribution in [0.1, 0.15) is 10.4 Å². The van der Waals surface area contributed by atoms with E-state index in [0.717, 1.165) is 11.3 Å². The highest BCUT2D eigenvalue weighted by molar-refractivity contribution is 7.99. The van der Waals surface area contributed by atoms with Crippen LogP contribution in [0.15, 0.2) is 53.7 Å². The van der Waals surface area contributed by atoms with Gasteiger partial charge in [0.25, 0.3) is 5.69 Å². The lowest BCUT2D eigenvalue weighted by molar-refractivity contribution is -0.384. The Balaban J connectivity index is 1.68. The van der Waals surface area contributed by atoms with Gasteiger partial charge in [0.15, 0.2) is 16.8 Å². The number of rotatable bonds is 7. The molecule has 0 radical (unpaired) electrons. The third kappa shape index (κ3) is 4.14. The summed E-state index contributed by atoms with van der Waals surface area (Å²) in [5.74, 6) is 1.46. The van der Waals surface area contributed by atoms with Crippen LogP contribution in [0.5, 0.6) is 5.75 Å². The molecule has 0 atom stereocenters. The molecule has 0 bridgehead atoms. The number of Topliss-reactive ketones (excluding diaryl/α,β-unsaturated/α-hetero) is 1. The second-order valence-electron chi connectivity index (χ2n) is 5.61. The number of benzene rings is 2. The first-order valence-electron chi connectivity index (χ1n) is 7.94. The molecular weight excluding hydrogens is 368 g/mol. The van der Waals surface area contributed by atoms with E-state index >= 15 is 0 Å². The van der Waals surface area contributed by atoms with Gasteiger partial charge in [-0.2, -0.15) is 0 Å². The number of ketones is 1. The summed E-state index contributed by atoms with van der Waals surface area (Å²) < 4.78 is 6.96. The molecule has 0 aliphatic carbocycles. The van der Waals surface area contributed by atoms with Gasteiger partial charge in [-0.25, -0.2) is 0 Å². The smallest absolute Gasteiger partial charge is 0.269 e. The number of nitrogens with zero attached hydrogens (tertiary/aromatic N) is 4. The van der Waals surface area contributed by atoms with E-state index in [4.69, 9.17) is 4.74 Å². The van der Waals surface area contributed by atoms with E-state index < -0.39 is 4.92 Å². The van der Waals surface area contributed by atoms with Gasteiger partial charge in [0.1, 0.15) is 5.75 Å². The topological polar surface area (TPSA) is 100 Å². The van der Waals surface area contributed by atoms with Crippen molar-refractivity contribution in [3.63, 3.8) is 0 Å². The van der Waals surface area contributed by atoms with Crippen LogP contribution < -0.4 is 4.74 Å². The Bertz CT molecular complexity index is 968. The quantitative estimate of drug-likeness (QED) is 0.266. The van der Waals surface area contributed by atoms with Crippen molar-refractivity contribution in [2.45, 2.75) is 5.16 Å². The predicted molar refractivity (Wildman–Crippen MR) is 101 cm³/mol. The highest BCUT2D eigenvalue weighted by atomic mass is 32.2. The average Bonchev–Trinajstić information content (AvgIpc) is 3.06. The Hall–Kier alpha value is -3.20. The first-order chi connectivity index (χ1) is 13.0. The predicted octanol–water partition coefficient (Wildman–Crippen LogP) is 3.37. The largest absolute Gasteiger partial charge is 0.497 e. The Morgan fingerprint density at radius 2 is 1.81 bits per heavy atom. The summed E-state index contributed by atoms with van der Waals surface area (Å²) >= 11 is 1.26. The molecule has 138 valence electrons. The zero-order valence-electron chi connectivity index (χ0n) is 14.7. The van der Waals surface area contributed by atoms with Crippen molar-refractivity contribution in [3.05, 3.63) is 64.2 Å². The van der Waals surface area contributed by atoms with Crippen molar-refractivity contribution in [1.82, 2.24) is 14.8 Å². The molecular formula is C18H16N4O4S. The van der Waals surface area contributed by atoms with Crippen molar-refractivity contribution < 1.29 is 14.5 Å². The molecule has 0 N–H and O–H groups in total. The number of thioether (sulfide) groups is 1. The van der Waals surface area contributed by atoms with Gasteiger partial charge in [0.05, 0.1) is 17.8 Å². The lowest BCUT2D eigenvalue weighted by atomic mass is 10.1. The maximum Gasteiger partial charge on any atom is 0.269 e. The van der Waals surface area contributed by atoms with Crippen molar-refractivity contribution in [3.8, 4) is 17.1 Å². The number of carbonyl (C=O) groups is 1. The Morgan fingerprint density at radius 3 is 2.41 bits per heavy atom. The Labute approximate surface area is 159 Å². The Kier molecular flexibility index (Phi) is 5.51. The summed E-state index contributed by atoms with van der Waals surface area (Å²) in [6.07, 6.45) is 0. The molecule has 3 rings (SSSR count). The number of nitro benzene ring substituents is 1. The number of hydrogen-bond acceptors (Lipinski definition) is 7. The molecule has 0 saturated heterocycles. The molecule has 0 saturated carbocycles. The lowest BCUT2D eigenvalue weighted by Gasteiger charge is -2.05. The zero-order valence-corrected chi connectivity index (χ0v) is 15.5. The molecule has 0 amide bonds. The van der Waals surface area contributed by atoms with Gasteiger partial charge in [0, 0.05) is 30.3 Å². The number of methoxy groups -OCH3 is 1. The summed E-state index contributed by atoms with van der Waals surface area (Å²) in [6.45, 7) is 0. The van der Waals surface area contributed by atoms with E-state index in [0.29, 0.717) is 16.5 Å². The van der Waals surface area contributed by atoms with Crippen LogP contribution in [0.2, 0.25) is 0 Å². The Morgan fingerprint density at radius 1 is 1.15 bits per heavy atom. The SMILES string of the molecule is COc1ccc(-c2nnc(SCC(=O)c3ccc([N+](=O)[O-])cc3)n2C)cc1. The maximum atomic E-state index is 12.3. The summed E-state index contributed by atoms with van der Waals surface area (Å²) in [5.41, 5.74) is 1.27. The summed E-state index contributed by atoms with van der Waals surface area (Å²) in [4.78, 5) is 22.5. The molecule has 3 aromatic rings. The van der Waals surface area contributed by atoms with E-state index in [1.165, 1.54) is 36.0 Å². The van der Waals surface area contributed by atoms with Crippen LogP contribution in [0.3, 0.4) is 0 Å². The van der Waals surface area contributed by atoms with Gasteiger partial charge in [-0.1, -0.05) is 11.8 Å². The molecule has 27 heavy (non-hydrogen) atoms. The van der Waals surface area contributed by atoms with Crippen LogP contribution in [0.4, 0.5) is 5.69 Å². The normalized spacial score (nSPS) is 10.6. The molecule has 0 unspecified atom stereocenters. The summed E-state index contributed by atoms with van der Waals surface area (Å²) in [6, 6.07) is 13.0. The molecule has 1 heterocycles. The van der Waals surface area contributed by atoms with Gasteiger partial charge >= 0.3 is 0 Å². The minimum absolute atomic E-state index is 0.0448. The van der Waals surface area contributed by atoms with Gasteiger partial charge in [-0.3, -0.25) is 14.9 Å². The molecule has 0 fully saturated rings. The second-order valence-corrected chi connectivity index (χ2v) is 6.55. The van der Waals surface area contributed by atoms with Crippen molar-refractivity contribution in [1.29, 1.82) is 0 Å². The number of hydrogen-bond donors (Lipinski definition) is 0. The van der Waals surface area contributed by atoms with Gasteiger partial charge in [-0.05, 0) is 36.4 Å². The maximum absolute atomic E-state index is 12.3. The lowest BCUT2D eigenvalue weighted by Crippen LogP contribution is -2.04. The van der Waals surface area contributed by atoms with Gasteiger partial charge < -0.3 is 9.30 Å². The fraction of sp³-hybridized carbons (Fsp3) is 0.167. The van der Waals surface area contributed by atoms with Crippen molar-refractivity contribution in [2.24, 2.45) is 7.05 Å². The number of nitro groups is 1. The summed E-state index contributed by atoms with van der Waals surface area (Å²) in [7, 11) is 3.44. The van der Waals surface area contributed by atoms with E-state index in [2.05, 4.69) is 10.2 Å². The van der Waals surface area contributed by atoms with Crippen LogP contribution in [-0.2, 0) is 7.05 Å². The third-order valence-corrected chi connectivity index (χ3v) is 4.94. The third-order valence-electron chi connectivity index (χ3n) is 3.92. The standard InChI is InChI=1S/C18H16N4O4S/c1-21-17(13-5-9-15(26-2)10-6-13)19-20-18(21)27-11-16(23)12-3-7-14(8-4-12)22(24)25/h3-10H,11H2,1-2H3. The number of ether oxygens (including phenoxy) is 1. The first kappa shape index (κ1) is 18.6. The average molecular weight is 384 g/mol. The number of non-ortho nitro benzene ring substituents is 1. The van der Waals surface area contributed by atoms with E-state index in [1.54, 1.807) is 7.11 Å². The highest BCUT2D eigenvalue weighted by Crippen LogP contribution is 2.25. The van der Waals surface area contributed by atoms with Crippen molar-refractivity contribution >= 4 is 23.2 Å². The van der Waals surface area contributed by atoms with E-state index in [1.807, 2.05) is 35.9 Å². The molecule has 2 aromatic carbocycles. The fourth-order valence-corrected chi connectivity index (χ4v) is 3.22. The molecule has 1 aromatic heterocycles. The highest BCUT2D eigenvalue weighted by Gasteiger charge is 2.15. The van der Waals surface area contributed by atoms with E-state index in [9.17, 15) is 14.9 Å². The molecule has 9 heteroatoms. The first-order valence-corrected chi connectivity index (χ1v) is 8.92. The van der Waals surface area contributed by atoms with Crippen molar-refractivity contribution in [2.75, 3.05) is 12.9 Å². The molecule has 0 aliphatic rings. The number of carbonyl (C=O) groups excluding carboxylic acids is 1. The van der Waals surface area contributed by atoms with Crippen LogP contribution in [-0.4, -0.2) is 38.3 Å². The molecule has 8 nitrogen and oxygen atoms in total.